The lowest BCUT2D eigenvalue weighted by Gasteiger charge is -2.03. The molecule has 1 heterocycles. The highest BCUT2D eigenvalue weighted by Crippen LogP contribution is 2.14. The largest absolute Gasteiger partial charge is 0.411 e. The van der Waals surface area contributed by atoms with Gasteiger partial charge >= 0.3 is 0 Å². The zero-order chi connectivity index (χ0) is 10.8. The van der Waals surface area contributed by atoms with Crippen LogP contribution >= 0.6 is 0 Å². The molecule has 0 saturated carbocycles. The average Bonchev–Trinajstić information content (AvgIpc) is 2.27. The maximum atomic E-state index is 8.65. The molecule has 1 aromatic carbocycles. The first-order chi connectivity index (χ1) is 7.22. The summed E-state index contributed by atoms with van der Waals surface area (Å²) in [6.45, 7) is 1.62. The highest BCUT2D eigenvalue weighted by Gasteiger charge is 2.08. The molecule has 1 aromatic heterocycles. The van der Waals surface area contributed by atoms with E-state index in [1.807, 2.05) is 24.3 Å². The predicted octanol–water partition coefficient (Wildman–Crippen LogP) is 1.41. The predicted molar refractivity (Wildman–Crippen MR) is 57.9 cm³/mol. The van der Waals surface area contributed by atoms with Crippen LogP contribution in [0.25, 0.3) is 11.0 Å². The first-order valence-corrected chi connectivity index (χ1v) is 4.43. The Kier molecular flexibility index (Phi) is 2.21. The molecule has 0 aliphatic heterocycles. The van der Waals surface area contributed by atoms with E-state index in [1.165, 1.54) is 0 Å². The summed E-state index contributed by atoms with van der Waals surface area (Å²) >= 11 is 0. The van der Waals surface area contributed by atoms with Gasteiger partial charge in [0.1, 0.15) is 11.4 Å². The van der Waals surface area contributed by atoms with Gasteiger partial charge in [-0.1, -0.05) is 17.3 Å². The van der Waals surface area contributed by atoms with Gasteiger partial charge in [-0.15, -0.1) is 0 Å². The smallest absolute Gasteiger partial charge is 0.152 e. The Morgan fingerprint density at radius 3 is 2.47 bits per heavy atom. The monoisotopic (exact) mass is 202 g/mol. The van der Waals surface area contributed by atoms with E-state index in [9.17, 15) is 0 Å². The number of fused-ring (bicyclic) bond motifs is 1. The third kappa shape index (κ3) is 1.59. The van der Waals surface area contributed by atoms with E-state index in [1.54, 1.807) is 6.92 Å². The van der Waals surface area contributed by atoms with Crippen molar-refractivity contribution in [3.05, 3.63) is 30.0 Å². The minimum absolute atomic E-state index is 0.268. The highest BCUT2D eigenvalue weighted by molar-refractivity contribution is 6.01. The molecule has 0 unspecified atom stereocenters. The van der Waals surface area contributed by atoms with Gasteiger partial charge in [-0.05, 0) is 19.1 Å². The van der Waals surface area contributed by atoms with E-state index in [0.717, 1.165) is 11.0 Å². The SMILES string of the molecule is C/C(=N/O)c1nc2ccccc2nc1N. The van der Waals surface area contributed by atoms with Crippen molar-refractivity contribution in [3.63, 3.8) is 0 Å². The zero-order valence-corrected chi connectivity index (χ0v) is 8.18. The van der Waals surface area contributed by atoms with Gasteiger partial charge < -0.3 is 10.9 Å². The number of benzene rings is 1. The summed E-state index contributed by atoms with van der Waals surface area (Å²) in [5.41, 5.74) is 7.92. The van der Waals surface area contributed by atoms with Crippen LogP contribution in [-0.2, 0) is 0 Å². The Morgan fingerprint density at radius 1 is 1.27 bits per heavy atom. The fraction of sp³-hybridized carbons (Fsp3) is 0.100. The van der Waals surface area contributed by atoms with Gasteiger partial charge in [0.15, 0.2) is 5.82 Å². The van der Waals surface area contributed by atoms with Crippen molar-refractivity contribution in [1.82, 2.24) is 9.97 Å². The molecule has 76 valence electrons. The van der Waals surface area contributed by atoms with Crippen molar-refractivity contribution in [2.45, 2.75) is 6.92 Å². The third-order valence-corrected chi connectivity index (χ3v) is 2.09. The van der Waals surface area contributed by atoms with Crippen LogP contribution in [-0.4, -0.2) is 20.9 Å². The molecular formula is C10H10N4O. The van der Waals surface area contributed by atoms with Gasteiger partial charge in [0.25, 0.3) is 0 Å². The quantitative estimate of drug-likeness (QED) is 0.416. The van der Waals surface area contributed by atoms with E-state index in [2.05, 4.69) is 15.1 Å². The van der Waals surface area contributed by atoms with Gasteiger partial charge in [0.05, 0.1) is 11.0 Å². The fourth-order valence-corrected chi connectivity index (χ4v) is 1.33. The lowest BCUT2D eigenvalue weighted by Crippen LogP contribution is -2.06. The summed E-state index contributed by atoms with van der Waals surface area (Å²) in [6, 6.07) is 7.38. The number of para-hydroxylation sites is 2. The minimum Gasteiger partial charge on any atom is -0.411 e. The summed E-state index contributed by atoms with van der Waals surface area (Å²) in [4.78, 5) is 8.44. The topological polar surface area (TPSA) is 84.4 Å². The highest BCUT2D eigenvalue weighted by atomic mass is 16.4. The van der Waals surface area contributed by atoms with Crippen molar-refractivity contribution in [2.24, 2.45) is 5.16 Å². The molecule has 0 amide bonds. The second-order valence-electron chi connectivity index (χ2n) is 3.13. The summed E-state index contributed by atoms with van der Waals surface area (Å²) in [5, 5.41) is 11.7. The van der Waals surface area contributed by atoms with E-state index in [0.29, 0.717) is 11.4 Å². The molecule has 0 fully saturated rings. The van der Waals surface area contributed by atoms with Crippen molar-refractivity contribution in [2.75, 3.05) is 5.73 Å². The van der Waals surface area contributed by atoms with Crippen LogP contribution in [0.1, 0.15) is 12.6 Å². The number of nitrogens with zero attached hydrogens (tertiary/aromatic N) is 3. The molecule has 0 atom stereocenters. The van der Waals surface area contributed by atoms with E-state index < -0.39 is 0 Å². The lowest BCUT2D eigenvalue weighted by atomic mass is 10.2. The number of nitrogens with two attached hydrogens (primary N) is 1. The molecule has 5 nitrogen and oxygen atoms in total. The minimum atomic E-state index is 0.268. The number of hydrogen-bond donors (Lipinski definition) is 2. The first kappa shape index (κ1) is 9.39. The summed E-state index contributed by atoms with van der Waals surface area (Å²) in [7, 11) is 0. The van der Waals surface area contributed by atoms with Crippen LogP contribution in [0.5, 0.6) is 0 Å². The van der Waals surface area contributed by atoms with E-state index in [-0.39, 0.29) is 5.82 Å². The van der Waals surface area contributed by atoms with Crippen molar-refractivity contribution >= 4 is 22.6 Å². The van der Waals surface area contributed by atoms with Gasteiger partial charge in [0, 0.05) is 0 Å². The number of anilines is 1. The lowest BCUT2D eigenvalue weighted by molar-refractivity contribution is 0.319. The number of rotatable bonds is 1. The van der Waals surface area contributed by atoms with Crippen LogP contribution in [0.3, 0.4) is 0 Å². The molecular weight excluding hydrogens is 192 g/mol. The molecule has 0 bridgehead atoms. The van der Waals surface area contributed by atoms with Crippen LogP contribution in [0.2, 0.25) is 0 Å². The molecule has 0 aliphatic carbocycles. The number of oxime groups is 1. The molecule has 2 rings (SSSR count). The summed E-state index contributed by atoms with van der Waals surface area (Å²) in [5.74, 6) is 0.268. The molecule has 0 saturated heterocycles. The third-order valence-electron chi connectivity index (χ3n) is 2.09. The number of nitrogen functional groups attached to an aromatic ring is 1. The maximum absolute atomic E-state index is 8.65. The van der Waals surface area contributed by atoms with Gasteiger partial charge in [0.2, 0.25) is 0 Å². The van der Waals surface area contributed by atoms with Crippen molar-refractivity contribution in [3.8, 4) is 0 Å². The Labute approximate surface area is 86.3 Å². The summed E-state index contributed by atoms with van der Waals surface area (Å²) in [6.07, 6.45) is 0. The van der Waals surface area contributed by atoms with Gasteiger partial charge in [-0.3, -0.25) is 0 Å². The molecule has 2 aromatic rings. The zero-order valence-electron chi connectivity index (χ0n) is 8.18. The summed E-state index contributed by atoms with van der Waals surface area (Å²) < 4.78 is 0. The van der Waals surface area contributed by atoms with Crippen molar-refractivity contribution < 1.29 is 5.21 Å². The number of aromatic nitrogens is 2. The Balaban J connectivity index is 2.72. The Morgan fingerprint density at radius 2 is 1.87 bits per heavy atom. The molecule has 3 N–H and O–H groups in total. The Hall–Kier alpha value is -2.17. The fourth-order valence-electron chi connectivity index (χ4n) is 1.33. The van der Waals surface area contributed by atoms with Gasteiger partial charge in [-0.25, -0.2) is 9.97 Å². The molecule has 15 heavy (non-hydrogen) atoms. The van der Waals surface area contributed by atoms with Crippen LogP contribution in [0, 0.1) is 0 Å². The standard InChI is InChI=1S/C10H10N4O/c1-6(14-15)9-10(11)13-8-5-3-2-4-7(8)12-9/h2-5,15H,1H3,(H2,11,13)/b14-6-. The van der Waals surface area contributed by atoms with Crippen LogP contribution < -0.4 is 5.73 Å². The average molecular weight is 202 g/mol. The second kappa shape index (κ2) is 3.53. The molecule has 0 aliphatic rings. The second-order valence-corrected chi connectivity index (χ2v) is 3.13. The normalized spacial score (nSPS) is 11.9. The molecule has 0 radical (unpaired) electrons. The van der Waals surface area contributed by atoms with E-state index >= 15 is 0 Å². The van der Waals surface area contributed by atoms with Crippen molar-refractivity contribution in [1.29, 1.82) is 0 Å². The first-order valence-electron chi connectivity index (χ1n) is 4.43. The van der Waals surface area contributed by atoms with Crippen LogP contribution in [0.4, 0.5) is 5.82 Å². The number of hydrogen-bond acceptors (Lipinski definition) is 5. The van der Waals surface area contributed by atoms with E-state index in [4.69, 9.17) is 10.9 Å². The van der Waals surface area contributed by atoms with Crippen LogP contribution in [0.15, 0.2) is 29.4 Å². The molecule has 5 heteroatoms. The Bertz CT molecular complexity index is 536. The molecule has 0 spiro atoms. The van der Waals surface area contributed by atoms with Gasteiger partial charge in [-0.2, -0.15) is 0 Å². The maximum Gasteiger partial charge on any atom is 0.152 e.